The summed E-state index contributed by atoms with van der Waals surface area (Å²) in [5, 5.41) is 14.5. The van der Waals surface area contributed by atoms with Crippen molar-refractivity contribution in [3.05, 3.63) is 43.0 Å². The van der Waals surface area contributed by atoms with Gasteiger partial charge < -0.3 is 10.6 Å². The second kappa shape index (κ2) is 7.80. The predicted molar refractivity (Wildman–Crippen MR) is 89.0 cm³/mol. The Morgan fingerprint density at radius 1 is 1.43 bits per heavy atom. The summed E-state index contributed by atoms with van der Waals surface area (Å²) in [6.45, 7) is 6.12. The zero-order valence-corrected chi connectivity index (χ0v) is 13.2. The molecule has 1 heterocycles. The average Bonchev–Trinajstić information content (AvgIpc) is 2.93. The lowest BCUT2D eigenvalue weighted by molar-refractivity contribution is -0.115. The molecule has 1 unspecified atom stereocenters. The second-order valence-corrected chi connectivity index (χ2v) is 6.72. The first kappa shape index (κ1) is 15.5. The normalized spacial score (nSPS) is 11.7. The van der Waals surface area contributed by atoms with Crippen LogP contribution in [0.25, 0.3) is 0 Å². The summed E-state index contributed by atoms with van der Waals surface area (Å²) in [6.07, 6.45) is 1.75. The van der Waals surface area contributed by atoms with Crippen LogP contribution in [0, 0.1) is 0 Å². The number of hydrogen-bond acceptors (Lipinski definition) is 6. The summed E-state index contributed by atoms with van der Waals surface area (Å²) in [4.78, 5) is 12.1. The van der Waals surface area contributed by atoms with Crippen LogP contribution in [0.5, 0.6) is 0 Å². The van der Waals surface area contributed by atoms with Gasteiger partial charge in [0, 0.05) is 12.2 Å². The highest BCUT2D eigenvalue weighted by Crippen LogP contribution is 2.29. The number of thioether (sulfide) groups is 1. The summed E-state index contributed by atoms with van der Waals surface area (Å²) in [7, 11) is 0. The molecule has 0 aliphatic rings. The van der Waals surface area contributed by atoms with Crippen LogP contribution >= 0.6 is 23.1 Å². The van der Waals surface area contributed by atoms with E-state index in [4.69, 9.17) is 0 Å². The minimum Gasteiger partial charge on any atom is -0.357 e. The fourth-order valence-electron chi connectivity index (χ4n) is 1.46. The fourth-order valence-corrected chi connectivity index (χ4v) is 3.36. The summed E-state index contributed by atoms with van der Waals surface area (Å²) in [5.74, 6) is -0.0537. The number of carbonyl (C=O) groups excluding carboxylic acids is 1. The van der Waals surface area contributed by atoms with E-state index in [1.165, 1.54) is 23.1 Å². The van der Waals surface area contributed by atoms with Gasteiger partial charge in [0.25, 0.3) is 0 Å². The maximum absolute atomic E-state index is 12.1. The van der Waals surface area contributed by atoms with Crippen LogP contribution in [0.15, 0.2) is 47.3 Å². The first-order chi connectivity index (χ1) is 10.2. The largest absolute Gasteiger partial charge is 0.357 e. The van der Waals surface area contributed by atoms with Crippen molar-refractivity contribution < 1.29 is 4.79 Å². The lowest BCUT2D eigenvalue weighted by Crippen LogP contribution is -2.22. The maximum atomic E-state index is 12.1. The molecule has 0 aliphatic heterocycles. The molecule has 2 N–H and O–H groups in total. The molecule has 7 heteroatoms. The van der Waals surface area contributed by atoms with E-state index in [2.05, 4.69) is 27.4 Å². The first-order valence-electron chi connectivity index (χ1n) is 6.40. The second-order valence-electron chi connectivity index (χ2n) is 4.16. The van der Waals surface area contributed by atoms with Crippen LogP contribution < -0.4 is 10.6 Å². The third-order valence-electron chi connectivity index (χ3n) is 2.49. The quantitative estimate of drug-likeness (QED) is 0.605. The Labute approximate surface area is 131 Å². The van der Waals surface area contributed by atoms with Gasteiger partial charge in [-0.1, -0.05) is 47.4 Å². The van der Waals surface area contributed by atoms with Gasteiger partial charge in [-0.25, -0.2) is 0 Å². The van der Waals surface area contributed by atoms with Crippen molar-refractivity contribution in [3.8, 4) is 0 Å². The zero-order valence-electron chi connectivity index (χ0n) is 11.6. The van der Waals surface area contributed by atoms with Gasteiger partial charge in [-0.3, -0.25) is 4.79 Å². The van der Waals surface area contributed by atoms with Gasteiger partial charge in [0.2, 0.25) is 11.0 Å². The van der Waals surface area contributed by atoms with Gasteiger partial charge in [-0.05, 0) is 19.1 Å². The third kappa shape index (κ3) is 4.87. The first-order valence-corrected chi connectivity index (χ1v) is 8.09. The lowest BCUT2D eigenvalue weighted by atomic mass is 10.3. The van der Waals surface area contributed by atoms with Gasteiger partial charge in [0.1, 0.15) is 0 Å². The van der Waals surface area contributed by atoms with Crippen molar-refractivity contribution in [1.82, 2.24) is 10.2 Å². The molecule has 0 saturated heterocycles. The molecule has 21 heavy (non-hydrogen) atoms. The van der Waals surface area contributed by atoms with E-state index in [1.54, 1.807) is 6.08 Å². The Hall–Kier alpha value is -1.86. The summed E-state index contributed by atoms with van der Waals surface area (Å²) in [6, 6.07) is 9.40. The van der Waals surface area contributed by atoms with Crippen molar-refractivity contribution in [2.24, 2.45) is 0 Å². The molecule has 0 saturated carbocycles. The van der Waals surface area contributed by atoms with E-state index < -0.39 is 0 Å². The predicted octanol–water partition coefficient (Wildman–Crippen LogP) is 3.26. The standard InChI is InChI=1S/C14H16N4OS2/c1-3-9-15-13-17-18-14(21-13)20-10(2)12(19)16-11-7-5-4-6-8-11/h3-8,10H,1,9H2,2H3,(H,15,17)(H,16,19). The topological polar surface area (TPSA) is 66.9 Å². The minimum atomic E-state index is -0.245. The molecule has 1 amide bonds. The minimum absolute atomic E-state index is 0.0537. The number of anilines is 2. The number of amides is 1. The Morgan fingerprint density at radius 3 is 2.90 bits per heavy atom. The van der Waals surface area contributed by atoms with Gasteiger partial charge in [-0.2, -0.15) is 0 Å². The van der Waals surface area contributed by atoms with Crippen molar-refractivity contribution in [2.45, 2.75) is 16.5 Å². The van der Waals surface area contributed by atoms with E-state index in [1.807, 2.05) is 37.3 Å². The van der Waals surface area contributed by atoms with E-state index in [9.17, 15) is 4.79 Å². The van der Waals surface area contributed by atoms with Crippen LogP contribution in [0.3, 0.4) is 0 Å². The van der Waals surface area contributed by atoms with Crippen molar-refractivity contribution in [3.63, 3.8) is 0 Å². The highest BCUT2D eigenvalue weighted by molar-refractivity contribution is 8.02. The zero-order chi connectivity index (χ0) is 15.1. The monoisotopic (exact) mass is 320 g/mol. The number of para-hydroxylation sites is 1. The molecule has 2 rings (SSSR count). The van der Waals surface area contributed by atoms with Crippen molar-refractivity contribution in [2.75, 3.05) is 17.2 Å². The van der Waals surface area contributed by atoms with E-state index in [0.717, 1.165) is 15.2 Å². The molecule has 1 atom stereocenters. The number of hydrogen-bond donors (Lipinski definition) is 2. The Morgan fingerprint density at radius 2 is 2.19 bits per heavy atom. The highest BCUT2D eigenvalue weighted by Gasteiger charge is 2.17. The number of nitrogens with one attached hydrogen (secondary N) is 2. The fraction of sp³-hybridized carbons (Fsp3) is 0.214. The number of rotatable bonds is 7. The molecule has 0 spiro atoms. The third-order valence-corrected chi connectivity index (χ3v) is 4.56. The van der Waals surface area contributed by atoms with Crippen molar-refractivity contribution in [1.29, 1.82) is 0 Å². The van der Waals surface area contributed by atoms with Gasteiger partial charge >= 0.3 is 0 Å². The smallest absolute Gasteiger partial charge is 0.237 e. The lowest BCUT2D eigenvalue weighted by Gasteiger charge is -2.09. The van der Waals surface area contributed by atoms with Gasteiger partial charge in [0.15, 0.2) is 4.34 Å². The summed E-state index contributed by atoms with van der Waals surface area (Å²) in [5.41, 5.74) is 0.792. The Kier molecular flexibility index (Phi) is 5.77. The number of nitrogens with zero attached hydrogens (tertiary/aromatic N) is 2. The van der Waals surface area contributed by atoms with Gasteiger partial charge in [0.05, 0.1) is 5.25 Å². The molecular weight excluding hydrogens is 304 g/mol. The number of carbonyl (C=O) groups is 1. The molecule has 0 radical (unpaired) electrons. The SMILES string of the molecule is C=CCNc1nnc(SC(C)C(=O)Nc2ccccc2)s1. The van der Waals surface area contributed by atoms with E-state index >= 15 is 0 Å². The molecule has 1 aromatic carbocycles. The van der Waals surface area contributed by atoms with Crippen LogP contribution in [-0.2, 0) is 4.79 Å². The van der Waals surface area contributed by atoms with Crippen molar-refractivity contribution >= 4 is 39.8 Å². The number of aromatic nitrogens is 2. The molecule has 110 valence electrons. The molecule has 1 aromatic heterocycles. The van der Waals surface area contributed by atoms with Crippen LogP contribution in [0.1, 0.15) is 6.92 Å². The molecule has 0 aliphatic carbocycles. The molecule has 5 nitrogen and oxygen atoms in total. The summed E-state index contributed by atoms with van der Waals surface area (Å²) < 4.78 is 0.761. The summed E-state index contributed by atoms with van der Waals surface area (Å²) >= 11 is 2.82. The maximum Gasteiger partial charge on any atom is 0.237 e. The van der Waals surface area contributed by atoms with Crippen LogP contribution in [0.4, 0.5) is 10.8 Å². The van der Waals surface area contributed by atoms with E-state index in [0.29, 0.717) is 6.54 Å². The Balaban J connectivity index is 1.88. The van der Waals surface area contributed by atoms with E-state index in [-0.39, 0.29) is 11.2 Å². The molecule has 0 fully saturated rings. The molecule has 0 bridgehead atoms. The average molecular weight is 320 g/mol. The number of benzene rings is 1. The Bertz CT molecular complexity index is 600. The molecule has 2 aromatic rings. The molecular formula is C14H16N4OS2. The van der Waals surface area contributed by atoms with Crippen LogP contribution in [-0.4, -0.2) is 27.9 Å². The van der Waals surface area contributed by atoms with Gasteiger partial charge in [-0.15, -0.1) is 16.8 Å². The van der Waals surface area contributed by atoms with Crippen LogP contribution in [0.2, 0.25) is 0 Å². The highest BCUT2D eigenvalue weighted by atomic mass is 32.2.